The second-order valence-corrected chi connectivity index (χ2v) is 5.52. The molecule has 0 saturated heterocycles. The highest BCUT2D eigenvalue weighted by Gasteiger charge is 2.23. The molecular formula is C18H17N5O3. The molecule has 0 unspecified atom stereocenters. The summed E-state index contributed by atoms with van der Waals surface area (Å²) >= 11 is 0. The van der Waals surface area contributed by atoms with Crippen molar-refractivity contribution < 1.29 is 9.66 Å². The molecule has 8 heteroatoms. The average molecular weight is 351 g/mol. The van der Waals surface area contributed by atoms with Gasteiger partial charge in [0.2, 0.25) is 11.6 Å². The molecule has 3 rings (SSSR count). The van der Waals surface area contributed by atoms with Crippen LogP contribution in [0.25, 0.3) is 0 Å². The Morgan fingerprint density at radius 1 is 0.923 bits per heavy atom. The number of benzene rings is 2. The van der Waals surface area contributed by atoms with Gasteiger partial charge in [-0.1, -0.05) is 17.7 Å². The van der Waals surface area contributed by atoms with E-state index < -0.39 is 4.92 Å². The maximum absolute atomic E-state index is 11.6. The van der Waals surface area contributed by atoms with Crippen LogP contribution < -0.4 is 15.4 Å². The fourth-order valence-corrected chi connectivity index (χ4v) is 2.32. The fourth-order valence-electron chi connectivity index (χ4n) is 2.32. The fraction of sp³-hybridized carbons (Fsp3) is 0.111. The Morgan fingerprint density at radius 3 is 1.88 bits per heavy atom. The number of ether oxygens (including phenoxy) is 1. The summed E-state index contributed by atoms with van der Waals surface area (Å²) in [6, 6.07) is 14.5. The van der Waals surface area contributed by atoms with Gasteiger partial charge in [0.15, 0.2) is 0 Å². The lowest BCUT2D eigenvalue weighted by Gasteiger charge is -2.10. The highest BCUT2D eigenvalue weighted by atomic mass is 16.6. The lowest BCUT2D eigenvalue weighted by molar-refractivity contribution is -0.383. The predicted octanol–water partition coefficient (Wildman–Crippen LogP) is 4.19. The molecule has 0 radical (unpaired) electrons. The number of nitrogens with one attached hydrogen (secondary N) is 2. The van der Waals surface area contributed by atoms with Crippen LogP contribution in [0.15, 0.2) is 54.9 Å². The minimum absolute atomic E-state index is 0.102. The number of aromatic nitrogens is 2. The third-order valence-electron chi connectivity index (χ3n) is 3.67. The van der Waals surface area contributed by atoms with Crippen LogP contribution in [0.1, 0.15) is 5.56 Å². The summed E-state index contributed by atoms with van der Waals surface area (Å²) in [6.07, 6.45) is 1.27. The Kier molecular flexibility index (Phi) is 4.93. The van der Waals surface area contributed by atoms with E-state index in [1.54, 1.807) is 31.4 Å². The van der Waals surface area contributed by atoms with Gasteiger partial charge in [0.1, 0.15) is 12.1 Å². The molecule has 2 N–H and O–H groups in total. The van der Waals surface area contributed by atoms with Crippen molar-refractivity contribution in [3.8, 4) is 5.75 Å². The zero-order chi connectivity index (χ0) is 18.5. The summed E-state index contributed by atoms with van der Waals surface area (Å²) in [6.45, 7) is 1.97. The van der Waals surface area contributed by atoms with Crippen LogP contribution in [0.5, 0.6) is 5.75 Å². The molecule has 0 bridgehead atoms. The quantitative estimate of drug-likeness (QED) is 0.507. The summed E-state index contributed by atoms with van der Waals surface area (Å²) < 4.78 is 5.10. The van der Waals surface area contributed by atoms with Crippen LogP contribution in [0.4, 0.5) is 28.7 Å². The summed E-state index contributed by atoms with van der Waals surface area (Å²) in [5.41, 5.74) is 2.21. The first-order chi connectivity index (χ1) is 12.6. The van der Waals surface area contributed by atoms with Crippen molar-refractivity contribution in [2.75, 3.05) is 17.7 Å². The van der Waals surface area contributed by atoms with E-state index in [1.807, 2.05) is 31.2 Å². The number of nitrogens with zero attached hydrogens (tertiary/aromatic N) is 3. The second-order valence-electron chi connectivity index (χ2n) is 5.52. The molecule has 0 aliphatic rings. The molecule has 0 aliphatic heterocycles. The van der Waals surface area contributed by atoms with E-state index >= 15 is 0 Å². The molecule has 2 aromatic carbocycles. The maximum Gasteiger partial charge on any atom is 0.353 e. The minimum atomic E-state index is -0.512. The second kappa shape index (κ2) is 7.47. The molecule has 1 heterocycles. The highest BCUT2D eigenvalue weighted by Crippen LogP contribution is 2.33. The van der Waals surface area contributed by atoms with Crippen LogP contribution in [0.3, 0.4) is 0 Å². The molecule has 1 aromatic heterocycles. The third kappa shape index (κ3) is 3.86. The first-order valence-corrected chi connectivity index (χ1v) is 7.81. The smallest absolute Gasteiger partial charge is 0.353 e. The normalized spacial score (nSPS) is 10.2. The molecular weight excluding hydrogens is 334 g/mol. The SMILES string of the molecule is COc1ccc(Nc2ncnc(Nc3ccc(C)cc3)c2[N+](=O)[O-])cc1. The molecule has 132 valence electrons. The molecule has 0 spiro atoms. The third-order valence-corrected chi connectivity index (χ3v) is 3.67. The van der Waals surface area contributed by atoms with Gasteiger partial charge in [0.25, 0.3) is 0 Å². The van der Waals surface area contributed by atoms with Crippen LogP contribution in [-0.4, -0.2) is 22.0 Å². The lowest BCUT2D eigenvalue weighted by atomic mass is 10.2. The summed E-state index contributed by atoms with van der Waals surface area (Å²) in [5.74, 6) is 0.907. The Bertz CT molecular complexity index is 911. The zero-order valence-corrected chi connectivity index (χ0v) is 14.3. The zero-order valence-electron chi connectivity index (χ0n) is 14.3. The number of hydrogen-bond donors (Lipinski definition) is 2. The number of methoxy groups -OCH3 is 1. The number of hydrogen-bond acceptors (Lipinski definition) is 7. The van der Waals surface area contributed by atoms with Crippen LogP contribution in [0, 0.1) is 17.0 Å². The van der Waals surface area contributed by atoms with Crippen molar-refractivity contribution in [2.24, 2.45) is 0 Å². The Balaban J connectivity index is 1.92. The first-order valence-electron chi connectivity index (χ1n) is 7.81. The molecule has 3 aromatic rings. The molecule has 8 nitrogen and oxygen atoms in total. The van der Waals surface area contributed by atoms with Crippen LogP contribution >= 0.6 is 0 Å². The van der Waals surface area contributed by atoms with Gasteiger partial charge < -0.3 is 15.4 Å². The topological polar surface area (TPSA) is 102 Å². The average Bonchev–Trinajstić information content (AvgIpc) is 2.64. The van der Waals surface area contributed by atoms with Gasteiger partial charge in [-0.05, 0) is 43.3 Å². The van der Waals surface area contributed by atoms with Gasteiger partial charge in [-0.25, -0.2) is 9.97 Å². The molecule has 0 amide bonds. The highest BCUT2D eigenvalue weighted by molar-refractivity contribution is 5.76. The van der Waals surface area contributed by atoms with Crippen molar-refractivity contribution in [3.05, 3.63) is 70.5 Å². The van der Waals surface area contributed by atoms with Crippen molar-refractivity contribution in [1.82, 2.24) is 9.97 Å². The van der Waals surface area contributed by atoms with E-state index in [-0.39, 0.29) is 17.3 Å². The van der Waals surface area contributed by atoms with E-state index in [0.717, 1.165) is 5.56 Å². The van der Waals surface area contributed by atoms with Gasteiger partial charge >= 0.3 is 5.69 Å². The van der Waals surface area contributed by atoms with Gasteiger partial charge in [-0.3, -0.25) is 10.1 Å². The monoisotopic (exact) mass is 351 g/mol. The van der Waals surface area contributed by atoms with Crippen molar-refractivity contribution in [3.63, 3.8) is 0 Å². The molecule has 26 heavy (non-hydrogen) atoms. The predicted molar refractivity (Wildman–Crippen MR) is 99.4 cm³/mol. The van der Waals surface area contributed by atoms with Crippen LogP contribution in [-0.2, 0) is 0 Å². The molecule has 0 aliphatic carbocycles. The van der Waals surface area contributed by atoms with E-state index in [9.17, 15) is 10.1 Å². The summed E-state index contributed by atoms with van der Waals surface area (Å²) in [5, 5.41) is 17.5. The summed E-state index contributed by atoms with van der Waals surface area (Å²) in [4.78, 5) is 19.1. The number of aryl methyl sites for hydroxylation is 1. The van der Waals surface area contributed by atoms with Crippen molar-refractivity contribution >= 4 is 28.7 Å². The van der Waals surface area contributed by atoms with E-state index in [4.69, 9.17) is 4.74 Å². The minimum Gasteiger partial charge on any atom is -0.497 e. The Hall–Kier alpha value is -3.68. The number of nitro groups is 1. The van der Waals surface area contributed by atoms with Crippen molar-refractivity contribution in [1.29, 1.82) is 0 Å². The van der Waals surface area contributed by atoms with E-state index in [2.05, 4.69) is 20.6 Å². The van der Waals surface area contributed by atoms with E-state index in [1.165, 1.54) is 6.33 Å². The first kappa shape index (κ1) is 17.2. The largest absolute Gasteiger partial charge is 0.497 e. The van der Waals surface area contributed by atoms with Crippen LogP contribution in [0.2, 0.25) is 0 Å². The number of rotatable bonds is 6. The van der Waals surface area contributed by atoms with Crippen molar-refractivity contribution in [2.45, 2.75) is 6.92 Å². The Morgan fingerprint density at radius 2 is 1.42 bits per heavy atom. The Labute approximate surface area is 150 Å². The molecule has 0 saturated carbocycles. The lowest BCUT2D eigenvalue weighted by Crippen LogP contribution is -2.05. The van der Waals surface area contributed by atoms with Gasteiger partial charge in [0, 0.05) is 11.4 Å². The number of anilines is 4. The standard InChI is InChI=1S/C18H17N5O3/c1-12-3-5-13(6-4-12)21-17-16(23(24)25)18(20-11-19-17)22-14-7-9-15(26-2)10-8-14/h3-11H,1-2H3,(H2,19,20,21,22). The van der Waals surface area contributed by atoms with Gasteiger partial charge in [0.05, 0.1) is 12.0 Å². The maximum atomic E-state index is 11.6. The summed E-state index contributed by atoms with van der Waals surface area (Å²) in [7, 11) is 1.57. The van der Waals surface area contributed by atoms with E-state index in [0.29, 0.717) is 17.1 Å². The van der Waals surface area contributed by atoms with Gasteiger partial charge in [-0.2, -0.15) is 0 Å². The van der Waals surface area contributed by atoms with Gasteiger partial charge in [-0.15, -0.1) is 0 Å². The molecule has 0 atom stereocenters. The molecule has 0 fully saturated rings.